The molecular formula is C21H23ClN4O2S. The van der Waals surface area contributed by atoms with Crippen LogP contribution in [-0.4, -0.2) is 26.4 Å². The molecule has 0 aliphatic carbocycles. The number of hydrogen-bond donors (Lipinski definition) is 1. The zero-order valence-corrected chi connectivity index (χ0v) is 18.3. The molecule has 0 fully saturated rings. The minimum Gasteiger partial charge on any atom is -0.483 e. The minimum atomic E-state index is -0.315. The number of aromatic nitrogens is 3. The first-order chi connectivity index (χ1) is 13.8. The molecule has 0 saturated carbocycles. The number of benzene rings is 2. The Hall–Kier alpha value is -2.51. The maximum absolute atomic E-state index is 12.3. The van der Waals surface area contributed by atoms with Crippen LogP contribution in [0.3, 0.4) is 0 Å². The number of rotatable bonds is 7. The number of anilines is 1. The molecule has 0 spiro atoms. The lowest BCUT2D eigenvalue weighted by Gasteiger charge is -2.14. The van der Waals surface area contributed by atoms with Gasteiger partial charge in [0.25, 0.3) is 0 Å². The second-order valence-corrected chi connectivity index (χ2v) is 8.15. The number of halogens is 1. The van der Waals surface area contributed by atoms with Crippen LogP contribution < -0.4 is 10.1 Å². The van der Waals surface area contributed by atoms with Crippen molar-refractivity contribution in [2.24, 2.45) is 7.05 Å². The fourth-order valence-corrected chi connectivity index (χ4v) is 3.77. The summed E-state index contributed by atoms with van der Waals surface area (Å²) >= 11 is 7.33. The third kappa shape index (κ3) is 5.52. The molecule has 6 nitrogen and oxygen atoms in total. The molecule has 2 aromatic carbocycles. The van der Waals surface area contributed by atoms with Crippen LogP contribution in [0.15, 0.2) is 47.6 Å². The van der Waals surface area contributed by atoms with Crippen molar-refractivity contribution < 1.29 is 9.53 Å². The molecule has 1 N–H and O–H groups in total. The Morgan fingerprint density at radius 2 is 2.03 bits per heavy atom. The number of amides is 1. The van der Waals surface area contributed by atoms with E-state index in [0.29, 0.717) is 21.8 Å². The van der Waals surface area contributed by atoms with Crippen LogP contribution in [0, 0.1) is 13.8 Å². The molecule has 3 aromatic rings. The topological polar surface area (TPSA) is 69.0 Å². The lowest BCUT2D eigenvalue weighted by molar-refractivity contribution is -0.113. The molecule has 0 saturated heterocycles. The summed E-state index contributed by atoms with van der Waals surface area (Å²) in [5.74, 6) is 1.48. The van der Waals surface area contributed by atoms with Crippen LogP contribution in [0.4, 0.5) is 5.69 Å². The second-order valence-electron chi connectivity index (χ2n) is 6.77. The van der Waals surface area contributed by atoms with Gasteiger partial charge in [-0.05, 0) is 50.6 Å². The molecule has 0 radical (unpaired) electrons. The van der Waals surface area contributed by atoms with E-state index in [2.05, 4.69) is 15.5 Å². The average molecular weight is 431 g/mol. The number of aryl methyl sites for hydroxylation is 2. The van der Waals surface area contributed by atoms with Gasteiger partial charge in [-0.2, -0.15) is 0 Å². The maximum atomic E-state index is 12.3. The lowest BCUT2D eigenvalue weighted by Crippen LogP contribution is -2.15. The molecule has 152 valence electrons. The van der Waals surface area contributed by atoms with Gasteiger partial charge >= 0.3 is 0 Å². The zero-order chi connectivity index (χ0) is 21.0. The van der Waals surface area contributed by atoms with Crippen molar-refractivity contribution in [1.29, 1.82) is 0 Å². The molecule has 1 heterocycles. The first-order valence-electron chi connectivity index (χ1n) is 9.15. The Balaban J connectivity index is 1.59. The van der Waals surface area contributed by atoms with Gasteiger partial charge < -0.3 is 14.6 Å². The zero-order valence-electron chi connectivity index (χ0n) is 16.8. The van der Waals surface area contributed by atoms with E-state index in [4.69, 9.17) is 16.3 Å². The van der Waals surface area contributed by atoms with Gasteiger partial charge in [0.1, 0.15) is 5.75 Å². The largest absolute Gasteiger partial charge is 0.483 e. The lowest BCUT2D eigenvalue weighted by atomic mass is 10.1. The molecule has 1 amide bonds. The van der Waals surface area contributed by atoms with E-state index in [0.717, 1.165) is 16.8 Å². The number of nitrogens with zero attached hydrogens (tertiary/aromatic N) is 3. The Labute approximate surface area is 179 Å². The predicted molar refractivity (Wildman–Crippen MR) is 117 cm³/mol. The molecule has 0 aliphatic heterocycles. The number of carbonyl (C=O) groups excluding carboxylic acids is 1. The van der Waals surface area contributed by atoms with E-state index >= 15 is 0 Å². The summed E-state index contributed by atoms with van der Waals surface area (Å²) in [5.41, 5.74) is 3.02. The summed E-state index contributed by atoms with van der Waals surface area (Å²) in [4.78, 5) is 12.3. The molecule has 8 heteroatoms. The minimum absolute atomic E-state index is 0.0882. The quantitative estimate of drug-likeness (QED) is 0.536. The number of carbonyl (C=O) groups is 1. The molecule has 29 heavy (non-hydrogen) atoms. The fraction of sp³-hybridized carbons (Fsp3) is 0.286. The van der Waals surface area contributed by atoms with E-state index in [-0.39, 0.29) is 17.8 Å². The summed E-state index contributed by atoms with van der Waals surface area (Å²) in [6.45, 7) is 5.90. The van der Waals surface area contributed by atoms with Gasteiger partial charge in [0.15, 0.2) is 17.1 Å². The molecule has 0 aliphatic rings. The van der Waals surface area contributed by atoms with Crippen LogP contribution in [0.25, 0.3) is 0 Å². The highest BCUT2D eigenvalue weighted by atomic mass is 35.5. The Bertz CT molecular complexity index is 1020. The van der Waals surface area contributed by atoms with Crippen molar-refractivity contribution in [3.8, 4) is 5.75 Å². The number of nitrogens with one attached hydrogen (secondary N) is 1. The van der Waals surface area contributed by atoms with E-state index in [1.807, 2.05) is 62.7 Å². The SMILES string of the molecule is Cc1ccc(NC(=O)CSc2nnc(C(C)Oc3cccc(Cl)c3)n2C)c(C)c1. The van der Waals surface area contributed by atoms with E-state index < -0.39 is 0 Å². The number of thioether (sulfide) groups is 1. The van der Waals surface area contributed by atoms with Crippen molar-refractivity contribution in [2.45, 2.75) is 32.0 Å². The van der Waals surface area contributed by atoms with Crippen LogP contribution >= 0.6 is 23.4 Å². The summed E-state index contributed by atoms with van der Waals surface area (Å²) in [5, 5.41) is 12.6. The van der Waals surface area contributed by atoms with Gasteiger partial charge in [0.2, 0.25) is 5.91 Å². The predicted octanol–water partition coefficient (Wildman–Crippen LogP) is 4.96. The van der Waals surface area contributed by atoms with E-state index in [1.54, 1.807) is 12.1 Å². The molecule has 3 rings (SSSR count). The summed E-state index contributed by atoms with van der Waals surface area (Å²) in [6.07, 6.45) is -0.315. The standard InChI is InChI=1S/C21H23ClN4O2S/c1-13-8-9-18(14(2)10-13)23-19(27)12-29-21-25-24-20(26(21)4)15(3)28-17-7-5-6-16(22)11-17/h5-11,15H,12H2,1-4H3,(H,23,27). The van der Waals surface area contributed by atoms with Crippen molar-refractivity contribution in [3.05, 3.63) is 64.4 Å². The highest BCUT2D eigenvalue weighted by Gasteiger charge is 2.18. The van der Waals surface area contributed by atoms with Crippen molar-refractivity contribution in [1.82, 2.24) is 14.8 Å². The van der Waals surface area contributed by atoms with Gasteiger partial charge in [0.05, 0.1) is 5.75 Å². The molecule has 1 unspecified atom stereocenters. The normalized spacial score (nSPS) is 11.9. The molecule has 1 atom stereocenters. The highest BCUT2D eigenvalue weighted by Crippen LogP contribution is 2.25. The van der Waals surface area contributed by atoms with Crippen molar-refractivity contribution >= 4 is 35.0 Å². The van der Waals surface area contributed by atoms with Crippen molar-refractivity contribution in [3.63, 3.8) is 0 Å². The van der Waals surface area contributed by atoms with Crippen LogP contribution in [0.2, 0.25) is 5.02 Å². The molecule has 1 aromatic heterocycles. The summed E-state index contributed by atoms with van der Waals surface area (Å²) in [6, 6.07) is 13.1. The van der Waals surface area contributed by atoms with E-state index in [9.17, 15) is 4.79 Å². The average Bonchev–Trinajstić information content (AvgIpc) is 3.03. The molecule has 0 bridgehead atoms. The second kappa shape index (κ2) is 9.33. The first-order valence-corrected chi connectivity index (χ1v) is 10.5. The summed E-state index contributed by atoms with van der Waals surface area (Å²) < 4.78 is 7.74. The third-order valence-electron chi connectivity index (χ3n) is 4.33. The van der Waals surface area contributed by atoms with Crippen LogP contribution in [0.5, 0.6) is 5.75 Å². The van der Waals surface area contributed by atoms with Gasteiger partial charge in [-0.1, -0.05) is 47.1 Å². The fourth-order valence-electron chi connectivity index (χ4n) is 2.87. The molecular weight excluding hydrogens is 408 g/mol. The first kappa shape index (κ1) is 21.2. The highest BCUT2D eigenvalue weighted by molar-refractivity contribution is 7.99. The Kier molecular flexibility index (Phi) is 6.82. The van der Waals surface area contributed by atoms with Crippen LogP contribution in [0.1, 0.15) is 30.0 Å². The van der Waals surface area contributed by atoms with Gasteiger partial charge in [-0.15, -0.1) is 10.2 Å². The van der Waals surface area contributed by atoms with Gasteiger partial charge in [-0.3, -0.25) is 4.79 Å². The Morgan fingerprint density at radius 3 is 2.76 bits per heavy atom. The number of ether oxygens (including phenoxy) is 1. The van der Waals surface area contributed by atoms with Gasteiger partial charge in [-0.25, -0.2) is 0 Å². The van der Waals surface area contributed by atoms with Crippen LogP contribution in [-0.2, 0) is 11.8 Å². The van der Waals surface area contributed by atoms with Crippen molar-refractivity contribution in [2.75, 3.05) is 11.1 Å². The maximum Gasteiger partial charge on any atom is 0.234 e. The third-order valence-corrected chi connectivity index (χ3v) is 5.58. The van der Waals surface area contributed by atoms with Gasteiger partial charge in [0, 0.05) is 17.8 Å². The Morgan fingerprint density at radius 1 is 1.24 bits per heavy atom. The van der Waals surface area contributed by atoms with E-state index in [1.165, 1.54) is 11.8 Å². The number of hydrogen-bond acceptors (Lipinski definition) is 5. The monoisotopic (exact) mass is 430 g/mol. The smallest absolute Gasteiger partial charge is 0.234 e. The summed E-state index contributed by atoms with van der Waals surface area (Å²) in [7, 11) is 1.86.